The third-order valence-corrected chi connectivity index (χ3v) is 2.75. The van der Waals surface area contributed by atoms with Crippen LogP contribution in [0.15, 0.2) is 52.6 Å². The molecular weight excluding hydrogens is 248 g/mol. The minimum Gasteiger partial charge on any atom is -0.326 e. The number of aromatic nitrogens is 1. The number of benzene rings is 1. The van der Waals surface area contributed by atoms with Crippen LogP contribution in [-0.2, 0) is 0 Å². The van der Waals surface area contributed by atoms with Gasteiger partial charge in [-0.2, -0.15) is 0 Å². The van der Waals surface area contributed by atoms with E-state index in [1.807, 2.05) is 31.3 Å². The van der Waals surface area contributed by atoms with Gasteiger partial charge in [-0.25, -0.2) is 15.0 Å². The van der Waals surface area contributed by atoms with Gasteiger partial charge in [-0.1, -0.05) is 23.8 Å². The standard InChI is InChI=1S/C16H18N4/c1-13-7-8-15(14(2)10-13)18-11-20(3)12-19-16-6-4-5-9-17-16/h4-12H,1-3H3/b18-11+,19-12+. The molecule has 0 spiro atoms. The van der Waals surface area contributed by atoms with Crippen LogP contribution in [-0.4, -0.2) is 29.6 Å². The summed E-state index contributed by atoms with van der Waals surface area (Å²) in [7, 11) is 1.89. The highest BCUT2D eigenvalue weighted by atomic mass is 15.2. The van der Waals surface area contributed by atoms with E-state index in [4.69, 9.17) is 0 Å². The van der Waals surface area contributed by atoms with Crippen molar-refractivity contribution in [2.24, 2.45) is 9.98 Å². The molecule has 0 N–H and O–H groups in total. The number of hydrogen-bond donors (Lipinski definition) is 0. The second-order valence-corrected chi connectivity index (χ2v) is 4.63. The molecule has 0 atom stereocenters. The molecule has 102 valence electrons. The fourth-order valence-corrected chi connectivity index (χ4v) is 1.71. The third kappa shape index (κ3) is 4.02. The molecule has 0 bridgehead atoms. The predicted octanol–water partition coefficient (Wildman–Crippen LogP) is 3.65. The van der Waals surface area contributed by atoms with Crippen molar-refractivity contribution in [1.82, 2.24) is 9.88 Å². The molecule has 0 unspecified atom stereocenters. The summed E-state index contributed by atoms with van der Waals surface area (Å²) in [5.74, 6) is 0.680. The Morgan fingerprint density at radius 1 is 1.05 bits per heavy atom. The van der Waals surface area contributed by atoms with E-state index in [1.54, 1.807) is 23.8 Å². The first kappa shape index (κ1) is 13.9. The lowest BCUT2D eigenvalue weighted by molar-refractivity contribution is 0.801. The van der Waals surface area contributed by atoms with Crippen molar-refractivity contribution in [2.45, 2.75) is 13.8 Å². The van der Waals surface area contributed by atoms with Gasteiger partial charge in [0.05, 0.1) is 18.4 Å². The molecule has 20 heavy (non-hydrogen) atoms. The van der Waals surface area contributed by atoms with Gasteiger partial charge in [-0.05, 0) is 37.6 Å². The SMILES string of the molecule is Cc1ccc(/N=C/N(C)/C=N/c2ccccn2)c(C)c1. The third-order valence-electron chi connectivity index (χ3n) is 2.75. The van der Waals surface area contributed by atoms with Crippen molar-refractivity contribution in [1.29, 1.82) is 0 Å². The molecule has 0 aliphatic heterocycles. The maximum absolute atomic E-state index is 4.45. The van der Waals surface area contributed by atoms with Crippen molar-refractivity contribution < 1.29 is 0 Å². The van der Waals surface area contributed by atoms with Gasteiger partial charge in [0.15, 0.2) is 5.82 Å². The van der Waals surface area contributed by atoms with Gasteiger partial charge in [0.25, 0.3) is 0 Å². The van der Waals surface area contributed by atoms with Gasteiger partial charge < -0.3 is 4.90 Å². The van der Waals surface area contributed by atoms with Crippen LogP contribution in [0.3, 0.4) is 0 Å². The zero-order valence-corrected chi connectivity index (χ0v) is 12.0. The quantitative estimate of drug-likeness (QED) is 0.626. The van der Waals surface area contributed by atoms with Crippen molar-refractivity contribution in [3.8, 4) is 0 Å². The summed E-state index contributed by atoms with van der Waals surface area (Å²) in [6, 6.07) is 11.8. The average Bonchev–Trinajstić information content (AvgIpc) is 2.45. The largest absolute Gasteiger partial charge is 0.326 e. The first-order valence-corrected chi connectivity index (χ1v) is 6.44. The Morgan fingerprint density at radius 3 is 2.55 bits per heavy atom. The number of pyridine rings is 1. The van der Waals surface area contributed by atoms with Crippen LogP contribution < -0.4 is 0 Å². The van der Waals surface area contributed by atoms with Gasteiger partial charge in [-0.15, -0.1) is 0 Å². The molecule has 1 aromatic heterocycles. The molecule has 0 fully saturated rings. The number of nitrogens with zero attached hydrogens (tertiary/aromatic N) is 4. The number of hydrogen-bond acceptors (Lipinski definition) is 3. The Hall–Kier alpha value is -2.49. The summed E-state index contributed by atoms with van der Waals surface area (Å²) in [5, 5.41) is 0. The molecule has 0 aliphatic carbocycles. The highest BCUT2D eigenvalue weighted by Gasteiger charge is 1.95. The van der Waals surface area contributed by atoms with E-state index < -0.39 is 0 Å². The fourth-order valence-electron chi connectivity index (χ4n) is 1.71. The van der Waals surface area contributed by atoms with Crippen LogP contribution in [0.1, 0.15) is 11.1 Å². The van der Waals surface area contributed by atoms with Gasteiger partial charge in [0.1, 0.15) is 0 Å². The Labute approximate surface area is 119 Å². The summed E-state index contributed by atoms with van der Waals surface area (Å²) in [5.41, 5.74) is 3.37. The highest BCUT2D eigenvalue weighted by molar-refractivity contribution is 5.78. The van der Waals surface area contributed by atoms with Crippen molar-refractivity contribution in [2.75, 3.05) is 7.05 Å². The second kappa shape index (κ2) is 6.61. The van der Waals surface area contributed by atoms with Gasteiger partial charge >= 0.3 is 0 Å². The van der Waals surface area contributed by atoms with Crippen LogP contribution in [0.5, 0.6) is 0 Å². The monoisotopic (exact) mass is 266 g/mol. The lowest BCUT2D eigenvalue weighted by Crippen LogP contribution is -2.12. The second-order valence-electron chi connectivity index (χ2n) is 4.63. The highest BCUT2D eigenvalue weighted by Crippen LogP contribution is 2.18. The Morgan fingerprint density at radius 2 is 1.85 bits per heavy atom. The molecule has 1 aromatic carbocycles. The van der Waals surface area contributed by atoms with E-state index in [0.29, 0.717) is 5.82 Å². The van der Waals surface area contributed by atoms with Crippen LogP contribution in [0.25, 0.3) is 0 Å². The number of aryl methyl sites for hydroxylation is 2. The first-order chi connectivity index (χ1) is 9.65. The molecule has 2 aromatic rings. The molecule has 4 nitrogen and oxygen atoms in total. The molecular formula is C16H18N4. The van der Waals surface area contributed by atoms with Crippen LogP contribution in [0, 0.1) is 13.8 Å². The lowest BCUT2D eigenvalue weighted by atomic mass is 10.1. The summed E-state index contributed by atoms with van der Waals surface area (Å²) in [6.07, 6.45) is 5.15. The van der Waals surface area contributed by atoms with Gasteiger partial charge in [0.2, 0.25) is 0 Å². The van der Waals surface area contributed by atoms with E-state index in [1.165, 1.54) is 5.56 Å². The van der Waals surface area contributed by atoms with Gasteiger partial charge in [0, 0.05) is 13.2 Å². The van der Waals surface area contributed by atoms with E-state index in [0.717, 1.165) is 11.3 Å². The summed E-state index contributed by atoms with van der Waals surface area (Å²) >= 11 is 0. The van der Waals surface area contributed by atoms with E-state index in [-0.39, 0.29) is 0 Å². The molecule has 0 aliphatic rings. The molecule has 1 heterocycles. The minimum atomic E-state index is 0.680. The topological polar surface area (TPSA) is 40.9 Å². The normalized spacial score (nSPS) is 11.3. The smallest absolute Gasteiger partial charge is 0.153 e. The molecule has 4 heteroatoms. The Bertz CT molecular complexity index is 618. The fraction of sp³-hybridized carbons (Fsp3) is 0.188. The molecule has 0 radical (unpaired) electrons. The van der Waals surface area contributed by atoms with Crippen LogP contribution in [0.2, 0.25) is 0 Å². The Balaban J connectivity index is 2.02. The number of aliphatic imine (C=N–C) groups is 2. The van der Waals surface area contributed by atoms with E-state index in [2.05, 4.69) is 40.9 Å². The maximum atomic E-state index is 4.45. The Kier molecular flexibility index (Phi) is 4.60. The lowest BCUT2D eigenvalue weighted by Gasteiger charge is -2.06. The molecule has 0 saturated heterocycles. The minimum absolute atomic E-state index is 0.680. The summed E-state index contributed by atoms with van der Waals surface area (Å²) < 4.78 is 0. The summed E-state index contributed by atoms with van der Waals surface area (Å²) in [6.45, 7) is 4.13. The van der Waals surface area contributed by atoms with Crippen LogP contribution in [0.4, 0.5) is 11.5 Å². The van der Waals surface area contributed by atoms with Crippen molar-refractivity contribution in [3.63, 3.8) is 0 Å². The van der Waals surface area contributed by atoms with E-state index >= 15 is 0 Å². The first-order valence-electron chi connectivity index (χ1n) is 6.44. The van der Waals surface area contributed by atoms with Crippen molar-refractivity contribution in [3.05, 3.63) is 53.7 Å². The molecule has 0 amide bonds. The van der Waals surface area contributed by atoms with E-state index in [9.17, 15) is 0 Å². The predicted molar refractivity (Wildman–Crippen MR) is 84.2 cm³/mol. The number of rotatable bonds is 4. The van der Waals surface area contributed by atoms with Crippen LogP contribution >= 0.6 is 0 Å². The zero-order chi connectivity index (χ0) is 14.4. The molecule has 0 saturated carbocycles. The van der Waals surface area contributed by atoms with Gasteiger partial charge in [-0.3, -0.25) is 0 Å². The molecule has 2 rings (SSSR count). The zero-order valence-electron chi connectivity index (χ0n) is 12.0. The average molecular weight is 266 g/mol. The maximum Gasteiger partial charge on any atom is 0.153 e. The summed E-state index contributed by atoms with van der Waals surface area (Å²) in [4.78, 5) is 14.6. The van der Waals surface area contributed by atoms with Crippen molar-refractivity contribution >= 4 is 24.2 Å².